The average Bonchev–Trinajstić information content (AvgIpc) is 3.09. The van der Waals surface area contributed by atoms with Crippen molar-refractivity contribution >= 4 is 38.5 Å². The second kappa shape index (κ2) is 6.69. The molecule has 0 bridgehead atoms. The van der Waals surface area contributed by atoms with Crippen molar-refractivity contribution in [3.63, 3.8) is 0 Å². The Morgan fingerprint density at radius 2 is 2.10 bits per heavy atom. The van der Waals surface area contributed by atoms with E-state index in [0.29, 0.717) is 10.6 Å². The van der Waals surface area contributed by atoms with Gasteiger partial charge in [0.25, 0.3) is 10.0 Å². The number of carbonyl (C=O) groups excluding carboxylic acids is 1. The molecule has 2 rings (SSSR count). The van der Waals surface area contributed by atoms with Gasteiger partial charge in [-0.3, -0.25) is 4.79 Å². The molecular weight excluding hydrogens is 330 g/mol. The predicted octanol–water partition coefficient (Wildman–Crippen LogP) is 2.76. The zero-order valence-electron chi connectivity index (χ0n) is 11.5. The number of hydrogen-bond donors (Lipinski definition) is 1. The van der Waals surface area contributed by atoms with E-state index in [9.17, 15) is 13.2 Å². The first-order valence-electron chi connectivity index (χ1n) is 6.14. The maximum atomic E-state index is 12.3. The summed E-state index contributed by atoms with van der Waals surface area (Å²) in [6.07, 6.45) is 0.118. The molecule has 2 aromatic heterocycles. The van der Waals surface area contributed by atoms with Crippen molar-refractivity contribution < 1.29 is 17.9 Å². The van der Waals surface area contributed by atoms with E-state index >= 15 is 0 Å². The minimum Gasteiger partial charge on any atom is -0.494 e. The summed E-state index contributed by atoms with van der Waals surface area (Å²) in [6.45, 7) is 1.67. The van der Waals surface area contributed by atoms with Crippen molar-refractivity contribution in [2.75, 3.05) is 7.11 Å². The Balaban J connectivity index is 2.05. The minimum atomic E-state index is -3.68. The number of methoxy groups -OCH3 is 1. The Morgan fingerprint density at radius 3 is 2.71 bits per heavy atom. The quantitative estimate of drug-likeness (QED) is 0.783. The van der Waals surface area contributed by atoms with Gasteiger partial charge in [0.1, 0.15) is 5.75 Å². The number of rotatable bonds is 7. The van der Waals surface area contributed by atoms with E-state index in [1.807, 2.05) is 5.38 Å². The lowest BCUT2D eigenvalue weighted by atomic mass is 10.1. The molecule has 114 valence electrons. The second-order valence-electron chi connectivity index (χ2n) is 4.40. The molecule has 0 saturated carbocycles. The van der Waals surface area contributed by atoms with Crippen LogP contribution in [-0.4, -0.2) is 27.4 Å². The van der Waals surface area contributed by atoms with Gasteiger partial charge in [-0.25, -0.2) is 13.1 Å². The highest BCUT2D eigenvalue weighted by Crippen LogP contribution is 2.29. The number of sulfonamides is 1. The van der Waals surface area contributed by atoms with Gasteiger partial charge in [-0.15, -0.1) is 22.7 Å². The lowest BCUT2D eigenvalue weighted by Crippen LogP contribution is -2.33. The highest BCUT2D eigenvalue weighted by Gasteiger charge is 2.24. The summed E-state index contributed by atoms with van der Waals surface area (Å²) >= 11 is 2.43. The van der Waals surface area contributed by atoms with Crippen LogP contribution in [0.1, 0.15) is 23.0 Å². The van der Waals surface area contributed by atoms with Crippen LogP contribution in [-0.2, 0) is 10.0 Å². The third-order valence-corrected chi connectivity index (χ3v) is 6.65. The van der Waals surface area contributed by atoms with Crippen molar-refractivity contribution in [3.8, 4) is 5.75 Å². The first-order valence-corrected chi connectivity index (χ1v) is 9.39. The van der Waals surface area contributed by atoms with Crippen LogP contribution in [0.25, 0.3) is 0 Å². The van der Waals surface area contributed by atoms with E-state index in [2.05, 4.69) is 4.72 Å². The topological polar surface area (TPSA) is 72.5 Å². The molecule has 0 aliphatic rings. The molecule has 0 amide bonds. The van der Waals surface area contributed by atoms with Crippen LogP contribution in [0.5, 0.6) is 5.75 Å². The number of nitrogens with one attached hydrogen (secondary N) is 1. The Hall–Kier alpha value is -1.22. The zero-order valence-corrected chi connectivity index (χ0v) is 14.0. The number of thiophene rings is 2. The maximum absolute atomic E-state index is 12.3. The summed E-state index contributed by atoms with van der Waals surface area (Å²) in [7, 11) is -2.26. The summed E-state index contributed by atoms with van der Waals surface area (Å²) in [4.78, 5) is 12.6. The number of Topliss-reactive ketones (excluding diaryl/α,β-unsaturated/α-hetero) is 1. The molecule has 1 N–H and O–H groups in total. The fraction of sp³-hybridized carbons (Fsp3) is 0.308. The summed E-state index contributed by atoms with van der Waals surface area (Å²) in [5.74, 6) is 0.239. The van der Waals surface area contributed by atoms with E-state index in [1.165, 1.54) is 18.4 Å². The molecule has 0 unspecified atom stereocenters. The molecule has 2 aromatic rings. The number of ketones is 1. The Kier molecular flexibility index (Phi) is 5.15. The lowest BCUT2D eigenvalue weighted by molar-refractivity contribution is 0.0979. The van der Waals surface area contributed by atoms with Gasteiger partial charge in [0.05, 0.1) is 12.0 Å². The molecule has 0 aromatic carbocycles. The van der Waals surface area contributed by atoms with Crippen LogP contribution >= 0.6 is 22.7 Å². The number of carbonyl (C=O) groups is 1. The summed E-state index contributed by atoms with van der Waals surface area (Å²) in [6, 6.07) is 4.64. The lowest BCUT2D eigenvalue weighted by Gasteiger charge is -2.13. The molecule has 0 saturated heterocycles. The number of ether oxygens (including phenoxy) is 1. The monoisotopic (exact) mass is 345 g/mol. The summed E-state index contributed by atoms with van der Waals surface area (Å²) < 4.78 is 32.2. The van der Waals surface area contributed by atoms with Gasteiger partial charge in [0, 0.05) is 12.5 Å². The second-order valence-corrected chi connectivity index (χ2v) is 8.18. The Bertz CT molecular complexity index is 704. The molecule has 8 heteroatoms. The van der Waals surface area contributed by atoms with Gasteiger partial charge in [0.15, 0.2) is 9.99 Å². The van der Waals surface area contributed by atoms with Crippen LogP contribution in [0.2, 0.25) is 0 Å². The predicted molar refractivity (Wildman–Crippen MR) is 83.9 cm³/mol. The van der Waals surface area contributed by atoms with E-state index < -0.39 is 16.1 Å². The molecule has 0 aliphatic carbocycles. The zero-order chi connectivity index (χ0) is 15.5. The third-order valence-electron chi connectivity index (χ3n) is 2.70. The van der Waals surface area contributed by atoms with Gasteiger partial charge in [-0.05, 0) is 29.8 Å². The SMILES string of the molecule is COc1ccsc1S(=O)(=O)N[C@H](C)CC(=O)c1cccs1. The smallest absolute Gasteiger partial charge is 0.254 e. The molecule has 21 heavy (non-hydrogen) atoms. The fourth-order valence-electron chi connectivity index (χ4n) is 1.81. The van der Waals surface area contributed by atoms with Crippen LogP contribution < -0.4 is 9.46 Å². The van der Waals surface area contributed by atoms with E-state index in [4.69, 9.17) is 4.74 Å². The Labute approximate surface area is 131 Å². The molecular formula is C13H15NO4S3. The largest absolute Gasteiger partial charge is 0.494 e. The Morgan fingerprint density at radius 1 is 1.33 bits per heavy atom. The van der Waals surface area contributed by atoms with Crippen molar-refractivity contribution in [1.29, 1.82) is 0 Å². The molecule has 0 aliphatic heterocycles. The van der Waals surface area contributed by atoms with Gasteiger partial charge in [-0.1, -0.05) is 6.07 Å². The normalized spacial score (nSPS) is 13.0. The highest BCUT2D eigenvalue weighted by atomic mass is 32.2. The average molecular weight is 345 g/mol. The molecule has 0 fully saturated rings. The molecule has 5 nitrogen and oxygen atoms in total. The fourth-order valence-corrected chi connectivity index (χ4v) is 5.02. The van der Waals surface area contributed by atoms with Gasteiger partial charge >= 0.3 is 0 Å². The van der Waals surface area contributed by atoms with Gasteiger partial charge in [-0.2, -0.15) is 0 Å². The van der Waals surface area contributed by atoms with Crippen molar-refractivity contribution in [3.05, 3.63) is 33.8 Å². The van der Waals surface area contributed by atoms with Crippen LogP contribution in [0.4, 0.5) is 0 Å². The first-order chi connectivity index (χ1) is 9.94. The maximum Gasteiger partial charge on any atom is 0.254 e. The molecule has 0 spiro atoms. The highest BCUT2D eigenvalue weighted by molar-refractivity contribution is 7.91. The van der Waals surface area contributed by atoms with Crippen LogP contribution in [0.15, 0.2) is 33.2 Å². The number of hydrogen-bond acceptors (Lipinski definition) is 6. The van der Waals surface area contributed by atoms with Crippen molar-refractivity contribution in [1.82, 2.24) is 4.72 Å². The van der Waals surface area contributed by atoms with Gasteiger partial charge < -0.3 is 4.74 Å². The van der Waals surface area contributed by atoms with Crippen LogP contribution in [0.3, 0.4) is 0 Å². The molecule has 1 atom stereocenters. The summed E-state index contributed by atoms with van der Waals surface area (Å²) in [5.41, 5.74) is 0. The van der Waals surface area contributed by atoms with Crippen LogP contribution in [0, 0.1) is 0 Å². The first kappa shape index (κ1) is 16.2. The third kappa shape index (κ3) is 3.91. The van der Waals surface area contributed by atoms with Crippen molar-refractivity contribution in [2.45, 2.75) is 23.6 Å². The van der Waals surface area contributed by atoms with Crippen molar-refractivity contribution in [2.24, 2.45) is 0 Å². The van der Waals surface area contributed by atoms with E-state index in [0.717, 1.165) is 11.3 Å². The van der Waals surface area contributed by atoms with Gasteiger partial charge in [0.2, 0.25) is 0 Å². The standard InChI is InChI=1S/C13H15NO4S3/c1-9(8-10(15)12-4-3-6-19-12)14-21(16,17)13-11(18-2)5-7-20-13/h3-7,9,14H,8H2,1-2H3/t9-/m1/s1. The molecule has 2 heterocycles. The van der Waals surface area contributed by atoms with E-state index in [-0.39, 0.29) is 16.4 Å². The summed E-state index contributed by atoms with van der Waals surface area (Å²) in [5, 5.41) is 3.47. The van der Waals surface area contributed by atoms with E-state index in [1.54, 1.807) is 30.5 Å². The minimum absolute atomic E-state index is 0.0710. The molecule has 0 radical (unpaired) electrons.